The van der Waals surface area contributed by atoms with Crippen LogP contribution in [0.4, 0.5) is 0 Å². The molecule has 2 fully saturated rings. The molecule has 1 heterocycles. The summed E-state index contributed by atoms with van der Waals surface area (Å²) in [6, 6.07) is 6.07. The third-order valence-electron chi connectivity index (χ3n) is 4.17. The van der Waals surface area contributed by atoms with Gasteiger partial charge in [0.1, 0.15) is 0 Å². The minimum Gasteiger partial charge on any atom is -0.314 e. The molecular formula is C14H22N2S. The van der Waals surface area contributed by atoms with E-state index < -0.39 is 0 Å². The lowest BCUT2D eigenvalue weighted by Crippen LogP contribution is -2.48. The summed E-state index contributed by atoms with van der Waals surface area (Å²) in [4.78, 5) is 4.04. The van der Waals surface area contributed by atoms with E-state index in [9.17, 15) is 0 Å². The highest BCUT2D eigenvalue weighted by atomic mass is 32.1. The van der Waals surface area contributed by atoms with Gasteiger partial charge in [0.05, 0.1) is 0 Å². The van der Waals surface area contributed by atoms with E-state index in [1.165, 1.54) is 37.1 Å². The first-order chi connectivity index (χ1) is 8.33. The van der Waals surface area contributed by atoms with Crippen LogP contribution in [0.25, 0.3) is 0 Å². The van der Waals surface area contributed by atoms with Crippen LogP contribution in [0, 0.1) is 5.92 Å². The standard InChI is InChI=1S/C14H22N2S/c1-16(10-13-3-2-8-17-13)14-7-4-11(14)9-15-12-5-6-12/h2-3,8,11-12,14-15H,4-7,9-10H2,1H3. The van der Waals surface area contributed by atoms with Gasteiger partial charge in [-0.05, 0) is 56.6 Å². The second-order valence-corrected chi connectivity index (χ2v) is 6.61. The van der Waals surface area contributed by atoms with Gasteiger partial charge >= 0.3 is 0 Å². The Morgan fingerprint density at radius 1 is 1.35 bits per heavy atom. The fraction of sp³-hybridized carbons (Fsp3) is 0.714. The number of hydrogen-bond donors (Lipinski definition) is 1. The molecule has 2 aliphatic carbocycles. The zero-order valence-electron chi connectivity index (χ0n) is 10.6. The summed E-state index contributed by atoms with van der Waals surface area (Å²) in [6.45, 7) is 2.37. The highest BCUT2D eigenvalue weighted by Gasteiger charge is 2.34. The smallest absolute Gasteiger partial charge is 0.0327 e. The molecule has 3 rings (SSSR count). The fourth-order valence-corrected chi connectivity index (χ4v) is 3.51. The third-order valence-corrected chi connectivity index (χ3v) is 5.04. The average Bonchev–Trinajstić information content (AvgIpc) is 2.94. The van der Waals surface area contributed by atoms with Crippen molar-refractivity contribution in [3.8, 4) is 0 Å². The van der Waals surface area contributed by atoms with E-state index in [2.05, 4.69) is 34.8 Å². The van der Waals surface area contributed by atoms with Gasteiger partial charge in [-0.15, -0.1) is 11.3 Å². The summed E-state index contributed by atoms with van der Waals surface area (Å²) in [7, 11) is 2.29. The molecule has 0 aromatic carbocycles. The van der Waals surface area contributed by atoms with Crippen LogP contribution >= 0.6 is 11.3 Å². The molecule has 2 saturated carbocycles. The predicted octanol–water partition coefficient (Wildman–Crippen LogP) is 2.71. The molecule has 1 aromatic rings. The molecule has 1 aromatic heterocycles. The topological polar surface area (TPSA) is 15.3 Å². The lowest BCUT2D eigenvalue weighted by Gasteiger charge is -2.43. The first-order valence-corrected chi connectivity index (χ1v) is 7.67. The predicted molar refractivity (Wildman–Crippen MR) is 73.3 cm³/mol. The lowest BCUT2D eigenvalue weighted by molar-refractivity contribution is 0.0786. The second-order valence-electron chi connectivity index (χ2n) is 5.58. The van der Waals surface area contributed by atoms with Crippen molar-refractivity contribution in [1.29, 1.82) is 0 Å². The quantitative estimate of drug-likeness (QED) is 0.835. The molecule has 1 N–H and O–H groups in total. The zero-order chi connectivity index (χ0) is 11.7. The molecule has 0 amide bonds. The first kappa shape index (κ1) is 11.7. The minimum atomic E-state index is 0.809. The van der Waals surface area contributed by atoms with E-state index in [4.69, 9.17) is 0 Å². The maximum atomic E-state index is 3.68. The van der Waals surface area contributed by atoms with Gasteiger partial charge in [-0.2, -0.15) is 0 Å². The summed E-state index contributed by atoms with van der Waals surface area (Å²) >= 11 is 1.88. The average molecular weight is 250 g/mol. The second kappa shape index (κ2) is 5.09. The molecule has 2 aliphatic rings. The van der Waals surface area contributed by atoms with Gasteiger partial charge in [0.25, 0.3) is 0 Å². The highest BCUT2D eigenvalue weighted by Crippen LogP contribution is 2.33. The van der Waals surface area contributed by atoms with Crippen LogP contribution in [-0.4, -0.2) is 30.6 Å². The summed E-state index contributed by atoms with van der Waals surface area (Å²) < 4.78 is 0. The number of rotatable bonds is 6. The van der Waals surface area contributed by atoms with Gasteiger partial charge in [0.2, 0.25) is 0 Å². The SMILES string of the molecule is CN(Cc1cccs1)C1CCC1CNC1CC1. The number of thiophene rings is 1. The molecule has 2 unspecified atom stereocenters. The highest BCUT2D eigenvalue weighted by molar-refractivity contribution is 7.09. The minimum absolute atomic E-state index is 0.809. The molecule has 2 atom stereocenters. The van der Waals surface area contributed by atoms with Gasteiger partial charge in [-0.3, -0.25) is 4.90 Å². The van der Waals surface area contributed by atoms with Crippen molar-refractivity contribution in [2.75, 3.05) is 13.6 Å². The van der Waals surface area contributed by atoms with Crippen molar-refractivity contribution in [2.24, 2.45) is 5.92 Å². The monoisotopic (exact) mass is 250 g/mol. The summed E-state index contributed by atoms with van der Waals surface area (Å²) in [5.74, 6) is 0.889. The molecular weight excluding hydrogens is 228 g/mol. The van der Waals surface area contributed by atoms with Crippen LogP contribution in [0.2, 0.25) is 0 Å². The van der Waals surface area contributed by atoms with E-state index in [0.717, 1.165) is 24.5 Å². The lowest BCUT2D eigenvalue weighted by atomic mass is 9.78. The number of hydrogen-bond acceptors (Lipinski definition) is 3. The Morgan fingerprint density at radius 2 is 2.24 bits per heavy atom. The van der Waals surface area contributed by atoms with Crippen molar-refractivity contribution < 1.29 is 0 Å². The van der Waals surface area contributed by atoms with Gasteiger partial charge in [-0.1, -0.05) is 6.07 Å². The number of nitrogens with zero attached hydrogens (tertiary/aromatic N) is 1. The zero-order valence-corrected chi connectivity index (χ0v) is 11.4. The van der Waals surface area contributed by atoms with Gasteiger partial charge in [0, 0.05) is 23.5 Å². The Kier molecular flexibility index (Phi) is 3.50. The Morgan fingerprint density at radius 3 is 2.82 bits per heavy atom. The van der Waals surface area contributed by atoms with Crippen LogP contribution in [0.15, 0.2) is 17.5 Å². The first-order valence-electron chi connectivity index (χ1n) is 6.79. The maximum absolute atomic E-state index is 3.68. The molecule has 0 spiro atoms. The molecule has 0 saturated heterocycles. The molecule has 94 valence electrons. The summed E-state index contributed by atoms with van der Waals surface area (Å²) in [6.07, 6.45) is 5.61. The van der Waals surface area contributed by atoms with Crippen LogP contribution in [0.1, 0.15) is 30.6 Å². The van der Waals surface area contributed by atoms with E-state index in [-0.39, 0.29) is 0 Å². The maximum Gasteiger partial charge on any atom is 0.0327 e. The largest absolute Gasteiger partial charge is 0.314 e. The van der Waals surface area contributed by atoms with Crippen molar-refractivity contribution in [3.05, 3.63) is 22.4 Å². The van der Waals surface area contributed by atoms with Crippen LogP contribution in [-0.2, 0) is 6.54 Å². The molecule has 0 radical (unpaired) electrons. The van der Waals surface area contributed by atoms with Crippen LogP contribution < -0.4 is 5.32 Å². The Balaban J connectivity index is 1.46. The summed E-state index contributed by atoms with van der Waals surface area (Å²) in [5.41, 5.74) is 0. The van der Waals surface area contributed by atoms with Gasteiger partial charge < -0.3 is 5.32 Å². The molecule has 0 bridgehead atoms. The van der Waals surface area contributed by atoms with E-state index in [1.807, 2.05) is 11.3 Å². The van der Waals surface area contributed by atoms with Crippen molar-refractivity contribution >= 4 is 11.3 Å². The fourth-order valence-electron chi connectivity index (χ4n) is 2.74. The Bertz CT molecular complexity index is 345. The van der Waals surface area contributed by atoms with Crippen LogP contribution in [0.3, 0.4) is 0 Å². The molecule has 0 aliphatic heterocycles. The van der Waals surface area contributed by atoms with Gasteiger partial charge in [0.15, 0.2) is 0 Å². The molecule has 17 heavy (non-hydrogen) atoms. The van der Waals surface area contributed by atoms with E-state index >= 15 is 0 Å². The Hall–Kier alpha value is -0.380. The van der Waals surface area contributed by atoms with Gasteiger partial charge in [-0.25, -0.2) is 0 Å². The molecule has 3 heteroatoms. The normalized spacial score (nSPS) is 28.4. The molecule has 2 nitrogen and oxygen atoms in total. The van der Waals surface area contributed by atoms with Crippen molar-refractivity contribution in [1.82, 2.24) is 10.2 Å². The summed E-state index contributed by atoms with van der Waals surface area (Å²) in [5, 5.41) is 5.85. The van der Waals surface area contributed by atoms with Crippen LogP contribution in [0.5, 0.6) is 0 Å². The Labute approximate surface area is 108 Å². The van der Waals surface area contributed by atoms with Crippen molar-refractivity contribution in [2.45, 2.75) is 44.3 Å². The third kappa shape index (κ3) is 2.90. The van der Waals surface area contributed by atoms with E-state index in [0.29, 0.717) is 0 Å². The number of nitrogens with one attached hydrogen (secondary N) is 1. The van der Waals surface area contributed by atoms with Crippen molar-refractivity contribution in [3.63, 3.8) is 0 Å². The van der Waals surface area contributed by atoms with E-state index in [1.54, 1.807) is 0 Å².